The summed E-state index contributed by atoms with van der Waals surface area (Å²) in [6.07, 6.45) is 9.93. The first-order valence-corrected chi connectivity index (χ1v) is 14.2. The van der Waals surface area contributed by atoms with Gasteiger partial charge in [0.1, 0.15) is 0 Å². The van der Waals surface area contributed by atoms with E-state index in [2.05, 4.69) is 55.7 Å². The molecule has 0 saturated carbocycles. The van der Waals surface area contributed by atoms with Crippen LogP contribution in [0.3, 0.4) is 0 Å². The molecule has 2 N–H and O–H groups in total. The average Bonchev–Trinajstić information content (AvgIpc) is 3.14. The number of aryl methyl sites for hydroxylation is 1. The van der Waals surface area contributed by atoms with E-state index in [1.54, 1.807) is 7.05 Å². The number of aromatic nitrogens is 1. The summed E-state index contributed by atoms with van der Waals surface area (Å²) in [5.41, 5.74) is 3.41. The van der Waals surface area contributed by atoms with Crippen molar-refractivity contribution < 1.29 is 28.2 Å². The van der Waals surface area contributed by atoms with E-state index in [9.17, 15) is 8.42 Å². The standard InChI is InChI=1S/C24H41N3O2S.C2H2O4/c1-6-8-10-15-26(5)30(28,29)20-21-12-13-24-23(18-21)22(14-17-25(3)4)19-27(24)16-11-9-7-2;3-1(4)2(5)6/h12-13,18-19H,6-11,14-17,20H2,1-5H3;(H,3,4)(H,5,6). The molecule has 204 valence electrons. The van der Waals surface area contributed by atoms with E-state index in [0.29, 0.717) is 6.54 Å². The predicted molar refractivity (Wildman–Crippen MR) is 144 cm³/mol. The molecule has 0 amide bonds. The zero-order valence-electron chi connectivity index (χ0n) is 22.4. The molecule has 0 radical (unpaired) electrons. The van der Waals surface area contributed by atoms with Gasteiger partial charge in [0.05, 0.1) is 5.75 Å². The Morgan fingerprint density at radius 2 is 1.53 bits per heavy atom. The molecule has 0 atom stereocenters. The number of carboxylic acids is 2. The first-order chi connectivity index (χ1) is 16.9. The lowest BCUT2D eigenvalue weighted by molar-refractivity contribution is -0.159. The van der Waals surface area contributed by atoms with Crippen LogP contribution in [0, 0.1) is 0 Å². The summed E-state index contributed by atoms with van der Waals surface area (Å²) in [4.78, 5) is 20.4. The molecule has 0 aliphatic rings. The van der Waals surface area contributed by atoms with Crippen LogP contribution in [0.4, 0.5) is 0 Å². The molecule has 2 aromatic rings. The zero-order valence-corrected chi connectivity index (χ0v) is 23.2. The minimum atomic E-state index is -3.29. The highest BCUT2D eigenvalue weighted by molar-refractivity contribution is 7.88. The van der Waals surface area contributed by atoms with E-state index in [0.717, 1.165) is 44.3 Å². The second-order valence-corrected chi connectivity index (χ2v) is 11.4. The fraction of sp³-hybridized carbons (Fsp3) is 0.615. The molecular weight excluding hydrogens is 482 g/mol. The van der Waals surface area contributed by atoms with Crippen LogP contribution in [0.2, 0.25) is 0 Å². The Kier molecular flexibility index (Phi) is 13.7. The maximum atomic E-state index is 12.8. The van der Waals surface area contributed by atoms with Crippen molar-refractivity contribution in [2.45, 2.75) is 71.1 Å². The van der Waals surface area contributed by atoms with Gasteiger partial charge in [0.2, 0.25) is 10.0 Å². The topological polar surface area (TPSA) is 120 Å². The highest BCUT2D eigenvalue weighted by Gasteiger charge is 2.19. The van der Waals surface area contributed by atoms with Gasteiger partial charge in [-0.05, 0) is 56.6 Å². The number of carbonyl (C=O) groups is 2. The Hall–Kier alpha value is -2.43. The predicted octanol–water partition coefficient (Wildman–Crippen LogP) is 4.04. The molecule has 1 aromatic heterocycles. The summed E-state index contributed by atoms with van der Waals surface area (Å²) < 4.78 is 29.5. The monoisotopic (exact) mass is 525 g/mol. The second-order valence-electron chi connectivity index (χ2n) is 9.35. The van der Waals surface area contributed by atoms with Gasteiger partial charge in [-0.2, -0.15) is 0 Å². The molecular formula is C26H43N3O6S. The summed E-state index contributed by atoms with van der Waals surface area (Å²) >= 11 is 0. The summed E-state index contributed by atoms with van der Waals surface area (Å²) in [5.74, 6) is -3.58. The normalized spacial score (nSPS) is 11.6. The van der Waals surface area contributed by atoms with Gasteiger partial charge in [-0.3, -0.25) is 0 Å². The van der Waals surface area contributed by atoms with Crippen molar-refractivity contribution in [2.75, 3.05) is 34.2 Å². The first kappa shape index (κ1) is 31.6. The van der Waals surface area contributed by atoms with Crippen molar-refractivity contribution in [1.29, 1.82) is 0 Å². The molecule has 1 heterocycles. The van der Waals surface area contributed by atoms with Crippen LogP contribution in [0.15, 0.2) is 24.4 Å². The fourth-order valence-electron chi connectivity index (χ4n) is 3.81. The van der Waals surface area contributed by atoms with Gasteiger partial charge in [-0.25, -0.2) is 22.3 Å². The Balaban J connectivity index is 0.000000960. The maximum absolute atomic E-state index is 12.8. The van der Waals surface area contributed by atoms with Gasteiger partial charge in [-0.1, -0.05) is 45.6 Å². The molecule has 0 fully saturated rings. The highest BCUT2D eigenvalue weighted by atomic mass is 32.2. The van der Waals surface area contributed by atoms with Crippen molar-refractivity contribution in [3.8, 4) is 0 Å². The number of unbranched alkanes of at least 4 members (excludes halogenated alkanes) is 4. The van der Waals surface area contributed by atoms with Crippen molar-refractivity contribution in [3.05, 3.63) is 35.5 Å². The Bertz CT molecular complexity index is 1070. The van der Waals surface area contributed by atoms with Crippen LogP contribution in [0.25, 0.3) is 10.9 Å². The third kappa shape index (κ3) is 10.7. The van der Waals surface area contributed by atoms with E-state index in [1.807, 2.05) is 6.07 Å². The van der Waals surface area contributed by atoms with E-state index in [1.165, 1.54) is 40.0 Å². The summed E-state index contributed by atoms with van der Waals surface area (Å²) in [6, 6.07) is 6.21. The van der Waals surface area contributed by atoms with Crippen LogP contribution in [-0.2, 0) is 38.3 Å². The SMILES string of the molecule is CCCCCN(C)S(=O)(=O)Cc1ccc2c(c1)c(CCN(C)C)cn2CCCCC.O=C(O)C(=O)O. The van der Waals surface area contributed by atoms with Crippen molar-refractivity contribution >= 4 is 32.9 Å². The number of likely N-dealkylation sites (N-methyl/N-ethyl adjacent to an activating group) is 1. The number of nitrogens with zero attached hydrogens (tertiary/aromatic N) is 3. The van der Waals surface area contributed by atoms with Gasteiger partial charge < -0.3 is 19.7 Å². The van der Waals surface area contributed by atoms with Gasteiger partial charge in [0, 0.05) is 43.8 Å². The molecule has 0 spiro atoms. The van der Waals surface area contributed by atoms with E-state index < -0.39 is 22.0 Å². The molecule has 0 aliphatic heterocycles. The molecule has 0 unspecified atom stereocenters. The quantitative estimate of drug-likeness (QED) is 0.282. The minimum Gasteiger partial charge on any atom is -0.473 e. The number of fused-ring (bicyclic) bond motifs is 1. The number of rotatable bonds is 14. The molecule has 9 nitrogen and oxygen atoms in total. The fourth-order valence-corrected chi connectivity index (χ4v) is 5.04. The van der Waals surface area contributed by atoms with Crippen molar-refractivity contribution in [3.63, 3.8) is 0 Å². The number of hydrogen-bond acceptors (Lipinski definition) is 5. The van der Waals surface area contributed by atoms with Crippen LogP contribution in [0.5, 0.6) is 0 Å². The van der Waals surface area contributed by atoms with Gasteiger partial charge in [0.25, 0.3) is 0 Å². The molecule has 0 bridgehead atoms. The number of benzene rings is 1. The maximum Gasteiger partial charge on any atom is 0.414 e. The number of carboxylic acid groups (broad SMARTS) is 2. The number of aliphatic carboxylic acids is 2. The van der Waals surface area contributed by atoms with Gasteiger partial charge >= 0.3 is 11.9 Å². The van der Waals surface area contributed by atoms with E-state index >= 15 is 0 Å². The lowest BCUT2D eigenvalue weighted by Crippen LogP contribution is -2.29. The highest BCUT2D eigenvalue weighted by Crippen LogP contribution is 2.25. The third-order valence-electron chi connectivity index (χ3n) is 5.94. The van der Waals surface area contributed by atoms with Crippen molar-refractivity contribution in [1.82, 2.24) is 13.8 Å². The lowest BCUT2D eigenvalue weighted by Gasteiger charge is -2.17. The molecule has 1 aromatic carbocycles. The van der Waals surface area contributed by atoms with Crippen LogP contribution < -0.4 is 0 Å². The second kappa shape index (κ2) is 15.6. The Morgan fingerprint density at radius 1 is 0.917 bits per heavy atom. The summed E-state index contributed by atoms with van der Waals surface area (Å²) in [7, 11) is 2.59. The summed E-state index contributed by atoms with van der Waals surface area (Å²) in [5, 5.41) is 16.0. The minimum absolute atomic E-state index is 0.0691. The third-order valence-corrected chi connectivity index (χ3v) is 7.77. The molecule has 2 rings (SSSR count). The van der Waals surface area contributed by atoms with Crippen LogP contribution in [-0.4, -0.2) is 78.6 Å². The number of sulfonamides is 1. The molecule has 36 heavy (non-hydrogen) atoms. The van der Waals surface area contributed by atoms with Crippen molar-refractivity contribution in [2.24, 2.45) is 0 Å². The summed E-state index contributed by atoms with van der Waals surface area (Å²) in [6.45, 7) is 6.95. The first-order valence-electron chi connectivity index (χ1n) is 12.6. The van der Waals surface area contributed by atoms with E-state index in [4.69, 9.17) is 19.8 Å². The number of hydrogen-bond donors (Lipinski definition) is 2. The largest absolute Gasteiger partial charge is 0.473 e. The molecule has 10 heteroatoms. The smallest absolute Gasteiger partial charge is 0.414 e. The Morgan fingerprint density at radius 3 is 2.08 bits per heavy atom. The molecule has 0 saturated heterocycles. The van der Waals surface area contributed by atoms with Gasteiger partial charge in [-0.15, -0.1) is 0 Å². The van der Waals surface area contributed by atoms with Gasteiger partial charge in [0.15, 0.2) is 0 Å². The van der Waals surface area contributed by atoms with Crippen LogP contribution >= 0.6 is 0 Å². The zero-order chi connectivity index (χ0) is 27.3. The lowest BCUT2D eigenvalue weighted by atomic mass is 10.1. The van der Waals surface area contributed by atoms with E-state index in [-0.39, 0.29) is 5.75 Å². The Labute approximate surface area is 215 Å². The van der Waals surface area contributed by atoms with Crippen LogP contribution in [0.1, 0.15) is 63.5 Å². The molecule has 0 aliphatic carbocycles. The average molecular weight is 526 g/mol.